The Labute approximate surface area is 131 Å². The summed E-state index contributed by atoms with van der Waals surface area (Å²) >= 11 is 0. The van der Waals surface area contributed by atoms with Gasteiger partial charge in [-0.3, -0.25) is 19.7 Å². The summed E-state index contributed by atoms with van der Waals surface area (Å²) in [5.41, 5.74) is 1.28. The van der Waals surface area contributed by atoms with Crippen LogP contribution in [0.3, 0.4) is 0 Å². The van der Waals surface area contributed by atoms with Gasteiger partial charge in [0.05, 0.1) is 12.2 Å². The molecule has 1 fully saturated rings. The maximum atomic E-state index is 12.0. The first kappa shape index (κ1) is 16.5. The van der Waals surface area contributed by atoms with Gasteiger partial charge in [0.15, 0.2) is 0 Å². The number of rotatable bonds is 4. The maximum Gasteiger partial charge on any atom is 0.321 e. The number of carbonyl (C=O) groups is 2. The van der Waals surface area contributed by atoms with E-state index in [1.54, 1.807) is 0 Å². The number of aromatic nitrogens is 2. The molecule has 0 spiro atoms. The van der Waals surface area contributed by atoms with Gasteiger partial charge in [-0.2, -0.15) is 5.10 Å². The molecule has 0 bridgehead atoms. The lowest BCUT2D eigenvalue weighted by Crippen LogP contribution is -2.50. The first-order valence-corrected chi connectivity index (χ1v) is 7.84. The van der Waals surface area contributed by atoms with Gasteiger partial charge in [-0.05, 0) is 51.3 Å². The zero-order valence-corrected chi connectivity index (χ0v) is 13.5. The van der Waals surface area contributed by atoms with Gasteiger partial charge in [-0.1, -0.05) is 0 Å². The molecule has 7 nitrogen and oxygen atoms in total. The molecule has 1 aliphatic rings. The van der Waals surface area contributed by atoms with Crippen LogP contribution in [-0.4, -0.2) is 52.8 Å². The Morgan fingerprint density at radius 1 is 1.41 bits per heavy atom. The van der Waals surface area contributed by atoms with Crippen molar-refractivity contribution in [2.45, 2.75) is 45.2 Å². The predicted molar refractivity (Wildman–Crippen MR) is 83.5 cm³/mol. The fraction of sp³-hybridized carbons (Fsp3) is 0.667. The lowest BCUT2D eigenvalue weighted by molar-refractivity contribution is -0.125. The summed E-state index contributed by atoms with van der Waals surface area (Å²) in [7, 11) is 1.50. The largest absolute Gasteiger partial charge is 0.341 e. The molecule has 2 N–H and O–H groups in total. The molecule has 1 aromatic rings. The van der Waals surface area contributed by atoms with Gasteiger partial charge in [0, 0.05) is 19.8 Å². The number of nitrogens with zero attached hydrogens (tertiary/aromatic N) is 3. The number of hydrogen-bond acceptors (Lipinski definition) is 4. The SMILES string of the molecule is CCn1cc(C2CCN([C@H](C)C(=O)NC(=O)NC)CC2)cn1. The second-order valence-electron chi connectivity index (χ2n) is 5.68. The van der Waals surface area contributed by atoms with Crippen LogP contribution in [0.2, 0.25) is 0 Å². The molecule has 0 unspecified atom stereocenters. The average molecular weight is 307 g/mol. The molecule has 0 aromatic carbocycles. The van der Waals surface area contributed by atoms with Crippen molar-refractivity contribution in [1.82, 2.24) is 25.3 Å². The van der Waals surface area contributed by atoms with Crippen LogP contribution in [0.5, 0.6) is 0 Å². The Morgan fingerprint density at radius 2 is 2.09 bits per heavy atom. The minimum atomic E-state index is -0.460. The zero-order valence-electron chi connectivity index (χ0n) is 13.5. The molecule has 1 aliphatic heterocycles. The van der Waals surface area contributed by atoms with E-state index >= 15 is 0 Å². The van der Waals surface area contributed by atoms with Crippen LogP contribution in [0.1, 0.15) is 38.2 Å². The van der Waals surface area contributed by atoms with Crippen LogP contribution in [0.4, 0.5) is 4.79 Å². The molecule has 3 amide bonds. The van der Waals surface area contributed by atoms with Crippen LogP contribution < -0.4 is 10.6 Å². The van der Waals surface area contributed by atoms with Crippen molar-refractivity contribution in [2.24, 2.45) is 0 Å². The molecule has 7 heteroatoms. The quantitative estimate of drug-likeness (QED) is 0.867. The van der Waals surface area contributed by atoms with E-state index in [1.807, 2.05) is 17.8 Å². The number of urea groups is 1. The normalized spacial score (nSPS) is 18.0. The lowest BCUT2D eigenvalue weighted by Gasteiger charge is -2.34. The molecule has 2 rings (SSSR count). The van der Waals surface area contributed by atoms with Crippen molar-refractivity contribution in [3.8, 4) is 0 Å². The number of imide groups is 1. The number of hydrogen-bond donors (Lipinski definition) is 2. The minimum Gasteiger partial charge on any atom is -0.341 e. The molecule has 0 aliphatic carbocycles. The van der Waals surface area contributed by atoms with Gasteiger partial charge >= 0.3 is 6.03 Å². The highest BCUT2D eigenvalue weighted by molar-refractivity contribution is 5.96. The lowest BCUT2D eigenvalue weighted by atomic mass is 9.91. The molecule has 22 heavy (non-hydrogen) atoms. The monoisotopic (exact) mass is 307 g/mol. The van der Waals surface area contributed by atoms with E-state index in [0.717, 1.165) is 32.5 Å². The summed E-state index contributed by atoms with van der Waals surface area (Å²) in [4.78, 5) is 25.3. The number of amides is 3. The van der Waals surface area contributed by atoms with E-state index in [-0.39, 0.29) is 11.9 Å². The molecule has 1 atom stereocenters. The maximum absolute atomic E-state index is 12.0. The van der Waals surface area contributed by atoms with E-state index in [9.17, 15) is 9.59 Å². The van der Waals surface area contributed by atoms with Crippen molar-refractivity contribution in [3.63, 3.8) is 0 Å². The third-order valence-corrected chi connectivity index (χ3v) is 4.37. The van der Waals surface area contributed by atoms with Crippen LogP contribution in [0, 0.1) is 0 Å². The minimum absolute atomic E-state index is 0.253. The zero-order chi connectivity index (χ0) is 16.1. The third kappa shape index (κ3) is 3.85. The van der Waals surface area contributed by atoms with Gasteiger partial charge in [-0.15, -0.1) is 0 Å². The predicted octanol–water partition coefficient (Wildman–Crippen LogP) is 0.927. The molecule has 122 valence electrons. The van der Waals surface area contributed by atoms with Gasteiger partial charge in [0.2, 0.25) is 5.91 Å². The third-order valence-electron chi connectivity index (χ3n) is 4.37. The number of nitrogens with one attached hydrogen (secondary N) is 2. The van der Waals surface area contributed by atoms with Crippen molar-refractivity contribution < 1.29 is 9.59 Å². The van der Waals surface area contributed by atoms with Crippen molar-refractivity contribution in [1.29, 1.82) is 0 Å². The molecule has 1 aromatic heterocycles. The first-order chi connectivity index (χ1) is 10.5. The molecule has 2 heterocycles. The Hall–Kier alpha value is -1.89. The summed E-state index contributed by atoms with van der Waals surface area (Å²) in [6, 6.07) is -0.754. The van der Waals surface area contributed by atoms with Gasteiger partial charge < -0.3 is 5.32 Å². The first-order valence-electron chi connectivity index (χ1n) is 7.84. The molecule has 0 saturated carbocycles. The summed E-state index contributed by atoms with van der Waals surface area (Å²) in [6.07, 6.45) is 6.08. The number of carbonyl (C=O) groups excluding carboxylic acids is 2. The highest BCUT2D eigenvalue weighted by Crippen LogP contribution is 2.28. The Bertz CT molecular complexity index is 520. The molecular weight excluding hydrogens is 282 g/mol. The van der Waals surface area contributed by atoms with E-state index in [4.69, 9.17) is 0 Å². The summed E-state index contributed by atoms with van der Waals surface area (Å²) in [5, 5.41) is 9.06. The fourth-order valence-corrected chi connectivity index (χ4v) is 2.83. The van der Waals surface area contributed by atoms with Crippen LogP contribution in [0.15, 0.2) is 12.4 Å². The second kappa shape index (κ2) is 7.40. The van der Waals surface area contributed by atoms with E-state index in [0.29, 0.717) is 5.92 Å². The fourth-order valence-electron chi connectivity index (χ4n) is 2.83. The van der Waals surface area contributed by atoms with Crippen molar-refractivity contribution in [3.05, 3.63) is 18.0 Å². The Kier molecular flexibility index (Phi) is 5.54. The van der Waals surface area contributed by atoms with Gasteiger partial charge in [-0.25, -0.2) is 4.79 Å². The number of aryl methyl sites for hydroxylation is 1. The van der Waals surface area contributed by atoms with E-state index in [1.165, 1.54) is 12.6 Å². The molecule has 0 radical (unpaired) electrons. The average Bonchev–Trinajstić information content (AvgIpc) is 3.03. The number of piperidine rings is 1. The van der Waals surface area contributed by atoms with E-state index in [2.05, 4.69) is 33.8 Å². The van der Waals surface area contributed by atoms with Crippen LogP contribution in [0.25, 0.3) is 0 Å². The van der Waals surface area contributed by atoms with Crippen LogP contribution in [-0.2, 0) is 11.3 Å². The molecular formula is C15H25N5O2. The van der Waals surface area contributed by atoms with Crippen LogP contribution >= 0.6 is 0 Å². The number of likely N-dealkylation sites (tertiary alicyclic amines) is 1. The van der Waals surface area contributed by atoms with E-state index < -0.39 is 6.03 Å². The van der Waals surface area contributed by atoms with Crippen molar-refractivity contribution in [2.75, 3.05) is 20.1 Å². The van der Waals surface area contributed by atoms with Gasteiger partial charge in [0.1, 0.15) is 0 Å². The topological polar surface area (TPSA) is 79.3 Å². The highest BCUT2D eigenvalue weighted by atomic mass is 16.2. The summed E-state index contributed by atoms with van der Waals surface area (Å²) in [5.74, 6) is 0.252. The Balaban J connectivity index is 1.86. The highest BCUT2D eigenvalue weighted by Gasteiger charge is 2.28. The summed E-state index contributed by atoms with van der Waals surface area (Å²) < 4.78 is 1.95. The van der Waals surface area contributed by atoms with Crippen molar-refractivity contribution >= 4 is 11.9 Å². The second-order valence-corrected chi connectivity index (χ2v) is 5.68. The summed E-state index contributed by atoms with van der Waals surface area (Å²) in [6.45, 7) is 6.50. The molecule has 1 saturated heterocycles. The standard InChI is InChI=1S/C15H25N5O2/c1-4-20-10-13(9-17-20)12-5-7-19(8-6-12)11(2)14(21)18-15(22)16-3/h9-12H,4-8H2,1-3H3,(H2,16,18,21,22)/t11-/m1/s1. The van der Waals surface area contributed by atoms with Gasteiger partial charge in [0.25, 0.3) is 0 Å². The Morgan fingerprint density at radius 3 is 2.64 bits per heavy atom. The smallest absolute Gasteiger partial charge is 0.321 e.